The van der Waals surface area contributed by atoms with Crippen LogP contribution in [0.3, 0.4) is 0 Å². The molecule has 1 fully saturated rings. The monoisotopic (exact) mass is 424 g/mol. The van der Waals surface area contributed by atoms with Crippen molar-refractivity contribution >= 4 is 33.1 Å². The lowest BCUT2D eigenvalue weighted by Crippen LogP contribution is -2.38. The number of sulfonamides is 1. The lowest BCUT2D eigenvalue weighted by molar-refractivity contribution is 0.177. The minimum Gasteiger partial charge on any atom is -0.299 e. The Kier molecular flexibility index (Phi) is 7.39. The van der Waals surface area contributed by atoms with Crippen LogP contribution in [-0.2, 0) is 23.0 Å². The van der Waals surface area contributed by atoms with E-state index in [2.05, 4.69) is 40.1 Å². The maximum Gasteiger partial charge on any atom is 0.250 e. The van der Waals surface area contributed by atoms with Crippen molar-refractivity contribution in [1.29, 1.82) is 0 Å². The zero-order valence-electron chi connectivity index (χ0n) is 16.0. The van der Waals surface area contributed by atoms with Crippen molar-refractivity contribution in [3.63, 3.8) is 0 Å². The highest BCUT2D eigenvalue weighted by Crippen LogP contribution is 2.25. The number of piperidine rings is 1. The molecule has 0 unspecified atom stereocenters. The number of nitrogens with one attached hydrogen (secondary N) is 1. The fourth-order valence-electron chi connectivity index (χ4n) is 3.41. The summed E-state index contributed by atoms with van der Waals surface area (Å²) in [6.07, 6.45) is 5.07. The molecular formula is C20H28N2O2S3. The quantitative estimate of drug-likeness (QED) is 0.645. The number of thiophene rings is 1. The van der Waals surface area contributed by atoms with E-state index in [0.717, 1.165) is 43.8 Å². The van der Waals surface area contributed by atoms with Crippen molar-refractivity contribution in [2.75, 3.05) is 25.9 Å². The molecule has 27 heavy (non-hydrogen) atoms. The summed E-state index contributed by atoms with van der Waals surface area (Å²) in [4.78, 5) is 4.93. The van der Waals surface area contributed by atoms with Crippen LogP contribution in [0.4, 0.5) is 0 Å². The standard InChI is InChI=1S/C20H28N2O2S3/c1-3-18-8-9-20(26-18)27(23,24)21-14-16-10-12-22(13-11-16)15-17-6-4-5-7-19(17)25-2/h4-9,16,21H,3,10-15H2,1-2H3. The molecule has 1 aliphatic rings. The average Bonchev–Trinajstić information content (AvgIpc) is 3.18. The first-order chi connectivity index (χ1) is 13.0. The molecule has 1 aliphatic heterocycles. The Balaban J connectivity index is 1.48. The Hall–Kier alpha value is -0.860. The van der Waals surface area contributed by atoms with Crippen LogP contribution in [0, 0.1) is 5.92 Å². The molecule has 4 nitrogen and oxygen atoms in total. The van der Waals surface area contributed by atoms with Crippen LogP contribution in [0.5, 0.6) is 0 Å². The van der Waals surface area contributed by atoms with Crippen LogP contribution >= 0.6 is 23.1 Å². The van der Waals surface area contributed by atoms with E-state index in [1.807, 2.05) is 13.0 Å². The number of hydrogen-bond acceptors (Lipinski definition) is 5. The Labute approximate surface area is 171 Å². The molecule has 1 aromatic heterocycles. The van der Waals surface area contributed by atoms with Crippen molar-refractivity contribution in [3.05, 3.63) is 46.8 Å². The van der Waals surface area contributed by atoms with E-state index in [1.165, 1.54) is 21.8 Å². The molecule has 148 valence electrons. The van der Waals surface area contributed by atoms with Gasteiger partial charge in [-0.15, -0.1) is 23.1 Å². The molecular weight excluding hydrogens is 396 g/mol. The van der Waals surface area contributed by atoms with Gasteiger partial charge < -0.3 is 0 Å². The molecule has 0 aliphatic carbocycles. The second-order valence-corrected chi connectivity index (χ2v) is 11.0. The predicted molar refractivity (Wildman–Crippen MR) is 115 cm³/mol. The summed E-state index contributed by atoms with van der Waals surface area (Å²) in [6, 6.07) is 12.2. The minimum absolute atomic E-state index is 0.414. The normalized spacial score (nSPS) is 16.7. The second kappa shape index (κ2) is 9.56. The van der Waals surface area contributed by atoms with Gasteiger partial charge in [0.15, 0.2) is 0 Å². The third-order valence-corrected chi connectivity index (χ3v) is 9.09. The lowest BCUT2D eigenvalue weighted by atomic mass is 9.97. The van der Waals surface area contributed by atoms with Crippen LogP contribution < -0.4 is 4.72 Å². The smallest absolute Gasteiger partial charge is 0.250 e. The largest absolute Gasteiger partial charge is 0.299 e. The number of likely N-dealkylation sites (tertiary alicyclic amines) is 1. The fraction of sp³-hybridized carbons (Fsp3) is 0.500. The number of benzene rings is 1. The van der Waals surface area contributed by atoms with E-state index >= 15 is 0 Å². The summed E-state index contributed by atoms with van der Waals surface area (Å²) < 4.78 is 28.2. The number of aryl methyl sites for hydroxylation is 1. The van der Waals surface area contributed by atoms with E-state index in [1.54, 1.807) is 17.8 Å². The van der Waals surface area contributed by atoms with Crippen molar-refractivity contribution in [1.82, 2.24) is 9.62 Å². The van der Waals surface area contributed by atoms with E-state index in [-0.39, 0.29) is 0 Å². The van der Waals surface area contributed by atoms with E-state index in [4.69, 9.17) is 0 Å². The Bertz CT molecular complexity index is 840. The van der Waals surface area contributed by atoms with E-state index in [9.17, 15) is 8.42 Å². The number of rotatable bonds is 8. The summed E-state index contributed by atoms with van der Waals surface area (Å²) in [5.41, 5.74) is 1.38. The van der Waals surface area contributed by atoms with Gasteiger partial charge in [0.2, 0.25) is 10.0 Å². The van der Waals surface area contributed by atoms with Gasteiger partial charge in [-0.3, -0.25) is 4.90 Å². The first-order valence-electron chi connectivity index (χ1n) is 9.44. The van der Waals surface area contributed by atoms with Crippen LogP contribution in [-0.4, -0.2) is 39.2 Å². The molecule has 1 aromatic carbocycles. The van der Waals surface area contributed by atoms with Crippen molar-refractivity contribution < 1.29 is 8.42 Å². The first-order valence-corrected chi connectivity index (χ1v) is 13.0. The molecule has 3 rings (SSSR count). The number of thioether (sulfide) groups is 1. The molecule has 7 heteroatoms. The van der Waals surface area contributed by atoms with Gasteiger partial charge in [0.1, 0.15) is 4.21 Å². The SMILES string of the molecule is CCc1ccc(S(=O)(=O)NCC2CCN(Cc3ccccc3SC)CC2)s1. The van der Waals surface area contributed by atoms with E-state index in [0.29, 0.717) is 16.7 Å². The zero-order chi connectivity index (χ0) is 19.3. The predicted octanol–water partition coefficient (Wildman–Crippen LogP) is 4.22. The summed E-state index contributed by atoms with van der Waals surface area (Å²) >= 11 is 3.17. The average molecular weight is 425 g/mol. The van der Waals surface area contributed by atoms with Gasteiger partial charge in [-0.25, -0.2) is 13.1 Å². The van der Waals surface area contributed by atoms with E-state index < -0.39 is 10.0 Å². The lowest BCUT2D eigenvalue weighted by Gasteiger charge is -2.32. The third kappa shape index (κ3) is 5.57. The highest BCUT2D eigenvalue weighted by Gasteiger charge is 2.23. The second-order valence-electron chi connectivity index (χ2n) is 6.96. The van der Waals surface area contributed by atoms with Crippen LogP contribution in [0.1, 0.15) is 30.2 Å². The van der Waals surface area contributed by atoms with Gasteiger partial charge in [0, 0.05) is 22.9 Å². The van der Waals surface area contributed by atoms with Crippen molar-refractivity contribution in [2.45, 2.75) is 41.8 Å². The van der Waals surface area contributed by atoms with Crippen LogP contribution in [0.15, 0.2) is 45.5 Å². The van der Waals surface area contributed by atoms with Gasteiger partial charge in [-0.2, -0.15) is 0 Å². The van der Waals surface area contributed by atoms with Crippen molar-refractivity contribution in [3.8, 4) is 0 Å². The van der Waals surface area contributed by atoms with Gasteiger partial charge in [-0.05, 0) is 68.3 Å². The Morgan fingerprint density at radius 1 is 1.19 bits per heavy atom. The molecule has 0 bridgehead atoms. The Morgan fingerprint density at radius 3 is 2.59 bits per heavy atom. The summed E-state index contributed by atoms with van der Waals surface area (Å²) in [6.45, 7) is 5.60. The molecule has 2 aromatic rings. The maximum atomic E-state index is 12.5. The number of hydrogen-bond donors (Lipinski definition) is 1. The molecule has 0 atom stereocenters. The molecule has 1 saturated heterocycles. The molecule has 0 radical (unpaired) electrons. The minimum atomic E-state index is -3.37. The van der Waals surface area contributed by atoms with Gasteiger partial charge in [0.25, 0.3) is 0 Å². The van der Waals surface area contributed by atoms with Crippen molar-refractivity contribution in [2.24, 2.45) is 5.92 Å². The summed E-state index contributed by atoms with van der Waals surface area (Å²) in [5, 5.41) is 0. The first kappa shape index (κ1) is 20.9. The molecule has 0 amide bonds. The Morgan fingerprint density at radius 2 is 1.93 bits per heavy atom. The highest BCUT2D eigenvalue weighted by atomic mass is 32.2. The number of nitrogens with zero attached hydrogens (tertiary/aromatic N) is 1. The molecule has 0 spiro atoms. The summed E-state index contributed by atoms with van der Waals surface area (Å²) in [7, 11) is -3.37. The zero-order valence-corrected chi connectivity index (χ0v) is 18.4. The topological polar surface area (TPSA) is 49.4 Å². The highest BCUT2D eigenvalue weighted by molar-refractivity contribution is 7.98. The summed E-state index contributed by atoms with van der Waals surface area (Å²) in [5.74, 6) is 0.414. The maximum absolute atomic E-state index is 12.5. The molecule has 2 heterocycles. The molecule has 0 saturated carbocycles. The molecule has 1 N–H and O–H groups in total. The van der Waals surface area contributed by atoms with Crippen LogP contribution in [0.2, 0.25) is 0 Å². The van der Waals surface area contributed by atoms with Gasteiger partial charge in [0.05, 0.1) is 0 Å². The van der Waals surface area contributed by atoms with Gasteiger partial charge >= 0.3 is 0 Å². The fourth-order valence-corrected chi connectivity index (χ4v) is 6.48. The van der Waals surface area contributed by atoms with Gasteiger partial charge in [-0.1, -0.05) is 25.1 Å². The van der Waals surface area contributed by atoms with Crippen LogP contribution in [0.25, 0.3) is 0 Å². The third-order valence-electron chi connectivity index (χ3n) is 5.11.